The smallest absolute Gasteiger partial charge is 0.154 e. The molecule has 1 fully saturated rings. The van der Waals surface area contributed by atoms with E-state index in [0.29, 0.717) is 5.75 Å². The summed E-state index contributed by atoms with van der Waals surface area (Å²) in [4.78, 5) is 0. The van der Waals surface area contributed by atoms with E-state index in [1.54, 1.807) is 0 Å². The van der Waals surface area contributed by atoms with Crippen molar-refractivity contribution in [3.63, 3.8) is 0 Å². The van der Waals surface area contributed by atoms with Gasteiger partial charge in [0, 0.05) is 6.04 Å². The van der Waals surface area contributed by atoms with Crippen molar-refractivity contribution in [3.8, 4) is 0 Å². The Morgan fingerprint density at radius 2 is 1.94 bits per heavy atom. The van der Waals surface area contributed by atoms with Gasteiger partial charge in [-0.05, 0) is 37.1 Å². The number of hydrogen-bond acceptors (Lipinski definition) is 3. The fourth-order valence-electron chi connectivity index (χ4n) is 3.02. The van der Waals surface area contributed by atoms with Crippen LogP contribution in [0.15, 0.2) is 0 Å². The Balaban J connectivity index is 2.87. The van der Waals surface area contributed by atoms with E-state index in [0.717, 1.165) is 25.8 Å². The highest BCUT2D eigenvalue weighted by Crippen LogP contribution is 2.41. The van der Waals surface area contributed by atoms with Crippen LogP contribution >= 0.6 is 0 Å². The number of hydrogen-bond donors (Lipinski definition) is 1. The number of rotatable bonds is 6. The Morgan fingerprint density at radius 3 is 2.44 bits per heavy atom. The van der Waals surface area contributed by atoms with E-state index in [2.05, 4.69) is 26.1 Å². The molecule has 1 saturated carbocycles. The zero-order valence-electron chi connectivity index (χ0n) is 12.5. The normalized spacial score (nSPS) is 27.9. The van der Waals surface area contributed by atoms with Gasteiger partial charge in [-0.25, -0.2) is 8.42 Å². The van der Waals surface area contributed by atoms with Gasteiger partial charge in [0.05, 0.1) is 11.0 Å². The van der Waals surface area contributed by atoms with Gasteiger partial charge >= 0.3 is 0 Å². The topological polar surface area (TPSA) is 46.2 Å². The summed E-state index contributed by atoms with van der Waals surface area (Å²) >= 11 is 0. The Kier molecular flexibility index (Phi) is 5.24. The van der Waals surface area contributed by atoms with Crippen molar-refractivity contribution in [2.24, 2.45) is 11.3 Å². The van der Waals surface area contributed by atoms with Crippen LogP contribution in [0.2, 0.25) is 0 Å². The maximum Gasteiger partial charge on any atom is 0.154 e. The van der Waals surface area contributed by atoms with Crippen molar-refractivity contribution in [3.05, 3.63) is 0 Å². The lowest BCUT2D eigenvalue weighted by molar-refractivity contribution is 0.285. The molecule has 2 unspecified atom stereocenters. The van der Waals surface area contributed by atoms with E-state index in [9.17, 15) is 8.42 Å². The molecule has 2 atom stereocenters. The molecule has 0 bridgehead atoms. The molecule has 18 heavy (non-hydrogen) atoms. The quantitative estimate of drug-likeness (QED) is 0.810. The van der Waals surface area contributed by atoms with Crippen LogP contribution < -0.4 is 5.32 Å². The monoisotopic (exact) mass is 275 g/mol. The van der Waals surface area contributed by atoms with Crippen LogP contribution in [0.4, 0.5) is 0 Å². The molecule has 1 rings (SSSR count). The molecule has 0 aromatic heterocycles. The van der Waals surface area contributed by atoms with E-state index in [-0.39, 0.29) is 22.6 Å². The van der Waals surface area contributed by atoms with Crippen LogP contribution in [-0.2, 0) is 9.84 Å². The summed E-state index contributed by atoms with van der Waals surface area (Å²) in [5, 5.41) is 3.28. The summed E-state index contributed by atoms with van der Waals surface area (Å²) in [6.45, 7) is 11.4. The highest BCUT2D eigenvalue weighted by Gasteiger charge is 2.47. The van der Waals surface area contributed by atoms with Gasteiger partial charge in [-0.1, -0.05) is 34.6 Å². The van der Waals surface area contributed by atoms with Gasteiger partial charge < -0.3 is 5.32 Å². The van der Waals surface area contributed by atoms with Crippen molar-refractivity contribution in [1.29, 1.82) is 0 Å². The molecule has 1 N–H and O–H groups in total. The van der Waals surface area contributed by atoms with Gasteiger partial charge in [-0.3, -0.25) is 0 Å². The fraction of sp³-hybridized carbons (Fsp3) is 1.00. The second kappa shape index (κ2) is 5.91. The van der Waals surface area contributed by atoms with E-state index in [4.69, 9.17) is 0 Å². The van der Waals surface area contributed by atoms with Gasteiger partial charge in [0.15, 0.2) is 9.84 Å². The zero-order valence-corrected chi connectivity index (χ0v) is 13.3. The van der Waals surface area contributed by atoms with Crippen LogP contribution in [0.5, 0.6) is 0 Å². The van der Waals surface area contributed by atoms with Gasteiger partial charge in [-0.2, -0.15) is 0 Å². The first-order chi connectivity index (χ1) is 8.20. The van der Waals surface area contributed by atoms with Gasteiger partial charge in [0.1, 0.15) is 0 Å². The maximum absolute atomic E-state index is 12.5. The molecule has 0 saturated heterocycles. The minimum absolute atomic E-state index is 0.0872. The second-order valence-electron chi connectivity index (χ2n) is 6.72. The van der Waals surface area contributed by atoms with Crippen LogP contribution in [0.3, 0.4) is 0 Å². The summed E-state index contributed by atoms with van der Waals surface area (Å²) in [6.07, 6.45) is 2.85. The molecule has 0 heterocycles. The summed E-state index contributed by atoms with van der Waals surface area (Å²) in [6, 6.07) is 0.112. The average Bonchev–Trinajstić information content (AvgIpc) is 2.49. The number of sulfone groups is 1. The Hall–Kier alpha value is -0.0900. The highest BCUT2D eigenvalue weighted by atomic mass is 32.2. The van der Waals surface area contributed by atoms with Crippen LogP contribution in [0.1, 0.15) is 53.9 Å². The molecule has 0 aromatic carbocycles. The summed E-state index contributed by atoms with van der Waals surface area (Å²) in [5.41, 5.74) is 0.0872. The standard InChI is InChI=1S/C14H29NO2S/c1-6-9-15-13-12(7-8-14(13,4)5)18(16,17)10-11(2)3/h11-13,15H,6-10H2,1-5H3. The molecule has 0 radical (unpaired) electrons. The maximum atomic E-state index is 12.5. The van der Waals surface area contributed by atoms with Gasteiger partial charge in [0.2, 0.25) is 0 Å². The molecule has 0 aromatic rings. The second-order valence-corrected chi connectivity index (χ2v) is 8.99. The van der Waals surface area contributed by atoms with Crippen LogP contribution in [-0.4, -0.2) is 32.0 Å². The molecule has 108 valence electrons. The van der Waals surface area contributed by atoms with Crippen molar-refractivity contribution in [2.75, 3.05) is 12.3 Å². The lowest BCUT2D eigenvalue weighted by Gasteiger charge is -2.31. The molecule has 4 heteroatoms. The summed E-state index contributed by atoms with van der Waals surface area (Å²) < 4.78 is 24.9. The molecular weight excluding hydrogens is 246 g/mol. The average molecular weight is 275 g/mol. The third-order valence-corrected chi connectivity index (χ3v) is 6.49. The van der Waals surface area contributed by atoms with Gasteiger partial charge in [0.25, 0.3) is 0 Å². The van der Waals surface area contributed by atoms with Crippen molar-refractivity contribution >= 4 is 9.84 Å². The van der Waals surface area contributed by atoms with E-state index in [1.165, 1.54) is 0 Å². The molecule has 3 nitrogen and oxygen atoms in total. The number of nitrogens with one attached hydrogen (secondary N) is 1. The van der Waals surface area contributed by atoms with Crippen LogP contribution in [0, 0.1) is 11.3 Å². The van der Waals surface area contributed by atoms with Crippen molar-refractivity contribution < 1.29 is 8.42 Å². The van der Waals surface area contributed by atoms with Crippen molar-refractivity contribution in [1.82, 2.24) is 5.32 Å². The molecule has 1 aliphatic carbocycles. The SMILES string of the molecule is CCCNC1C(S(=O)(=O)CC(C)C)CCC1(C)C. The zero-order chi connectivity index (χ0) is 14.0. The minimum Gasteiger partial charge on any atom is -0.312 e. The lowest BCUT2D eigenvalue weighted by Crippen LogP contribution is -2.48. The van der Waals surface area contributed by atoms with E-state index < -0.39 is 9.84 Å². The van der Waals surface area contributed by atoms with E-state index >= 15 is 0 Å². The molecule has 0 amide bonds. The predicted octanol–water partition coefficient (Wildman–Crippen LogP) is 2.61. The predicted molar refractivity (Wildman–Crippen MR) is 77.5 cm³/mol. The third kappa shape index (κ3) is 3.70. The van der Waals surface area contributed by atoms with Crippen molar-refractivity contribution in [2.45, 2.75) is 65.2 Å². The Bertz CT molecular complexity index is 360. The Morgan fingerprint density at radius 1 is 1.33 bits per heavy atom. The minimum atomic E-state index is -2.97. The molecular formula is C14H29NO2S. The van der Waals surface area contributed by atoms with E-state index in [1.807, 2.05) is 13.8 Å². The summed E-state index contributed by atoms with van der Waals surface area (Å²) in [5.74, 6) is 0.531. The lowest BCUT2D eigenvalue weighted by atomic mass is 9.87. The highest BCUT2D eigenvalue weighted by molar-refractivity contribution is 7.92. The Labute approximate surface area is 113 Å². The first kappa shape index (κ1) is 16.0. The first-order valence-electron chi connectivity index (χ1n) is 7.15. The summed E-state index contributed by atoms with van der Waals surface area (Å²) in [7, 11) is -2.97. The molecule has 1 aliphatic rings. The fourth-order valence-corrected chi connectivity index (χ4v) is 5.56. The van der Waals surface area contributed by atoms with Crippen LogP contribution in [0.25, 0.3) is 0 Å². The molecule has 0 aliphatic heterocycles. The molecule has 0 spiro atoms. The largest absolute Gasteiger partial charge is 0.312 e. The first-order valence-corrected chi connectivity index (χ1v) is 8.87. The third-order valence-electron chi connectivity index (χ3n) is 3.93. The van der Waals surface area contributed by atoms with Gasteiger partial charge in [-0.15, -0.1) is 0 Å².